The normalized spacial score (nSPS) is 24.0. The van der Waals surface area contributed by atoms with Gasteiger partial charge in [-0.1, -0.05) is 12.1 Å². The summed E-state index contributed by atoms with van der Waals surface area (Å²) in [5, 5.41) is 18.7. The van der Waals surface area contributed by atoms with Gasteiger partial charge < -0.3 is 15.0 Å². The standard InChI is InChI=1S/C16H24N8O2/c1-2-14-18-15(21-20-14)13-10-23(6-7-26-13)16(25)12-9-24(22-19-12)11-4-3-5-17-8-11/h9,11,13,17H,2-8,10H2,1H3,(H,18,20,21)/t11-,13+/m0/s1. The van der Waals surface area contributed by atoms with E-state index in [4.69, 9.17) is 4.74 Å². The summed E-state index contributed by atoms with van der Waals surface area (Å²) in [6, 6.07) is 0.260. The Hall–Kier alpha value is -2.33. The van der Waals surface area contributed by atoms with Gasteiger partial charge in [0.2, 0.25) is 0 Å². The maximum absolute atomic E-state index is 12.8. The topological polar surface area (TPSA) is 114 Å². The molecule has 2 N–H and O–H groups in total. The molecule has 0 unspecified atom stereocenters. The Kier molecular flexibility index (Phi) is 4.93. The predicted octanol–water partition coefficient (Wildman–Crippen LogP) is 0.0968. The molecule has 0 saturated carbocycles. The minimum Gasteiger partial charge on any atom is -0.366 e. The molecule has 2 saturated heterocycles. The first-order valence-electron chi connectivity index (χ1n) is 9.19. The van der Waals surface area contributed by atoms with Crippen molar-refractivity contribution in [1.29, 1.82) is 0 Å². The third-order valence-electron chi connectivity index (χ3n) is 4.90. The van der Waals surface area contributed by atoms with E-state index < -0.39 is 0 Å². The number of aromatic nitrogens is 6. The number of ether oxygens (including phenoxy) is 1. The van der Waals surface area contributed by atoms with Gasteiger partial charge in [0.1, 0.15) is 11.9 Å². The lowest BCUT2D eigenvalue weighted by Gasteiger charge is -2.31. The van der Waals surface area contributed by atoms with E-state index in [1.807, 2.05) is 6.92 Å². The van der Waals surface area contributed by atoms with E-state index in [-0.39, 0.29) is 18.1 Å². The number of carbonyl (C=O) groups is 1. The van der Waals surface area contributed by atoms with Gasteiger partial charge in [-0.3, -0.25) is 9.89 Å². The number of hydrogen-bond donors (Lipinski definition) is 2. The zero-order chi connectivity index (χ0) is 17.9. The molecule has 2 fully saturated rings. The Morgan fingerprint density at radius 3 is 3.15 bits per heavy atom. The summed E-state index contributed by atoms with van der Waals surface area (Å²) in [5.74, 6) is 1.28. The van der Waals surface area contributed by atoms with Crippen molar-refractivity contribution in [2.45, 2.75) is 38.3 Å². The van der Waals surface area contributed by atoms with E-state index in [1.165, 1.54) is 0 Å². The molecule has 0 spiro atoms. The number of nitrogens with one attached hydrogen (secondary N) is 2. The van der Waals surface area contributed by atoms with Crippen molar-refractivity contribution in [2.75, 3.05) is 32.8 Å². The van der Waals surface area contributed by atoms with Crippen LogP contribution in [0.15, 0.2) is 6.20 Å². The second-order valence-electron chi connectivity index (χ2n) is 6.69. The Balaban J connectivity index is 1.43. The first-order chi connectivity index (χ1) is 12.7. The number of amides is 1. The van der Waals surface area contributed by atoms with E-state index in [9.17, 15) is 4.79 Å². The smallest absolute Gasteiger partial charge is 0.276 e. The van der Waals surface area contributed by atoms with Crippen molar-refractivity contribution < 1.29 is 9.53 Å². The van der Waals surface area contributed by atoms with Crippen molar-refractivity contribution in [3.8, 4) is 0 Å². The second-order valence-corrected chi connectivity index (χ2v) is 6.69. The molecule has 26 heavy (non-hydrogen) atoms. The summed E-state index contributed by atoms with van der Waals surface area (Å²) < 4.78 is 7.56. The van der Waals surface area contributed by atoms with Gasteiger partial charge >= 0.3 is 0 Å². The van der Waals surface area contributed by atoms with Crippen molar-refractivity contribution in [3.63, 3.8) is 0 Å². The Bertz CT molecular complexity index is 751. The van der Waals surface area contributed by atoms with Gasteiger partial charge in [-0.15, -0.1) is 5.10 Å². The van der Waals surface area contributed by atoms with Gasteiger partial charge in [0.25, 0.3) is 5.91 Å². The van der Waals surface area contributed by atoms with E-state index >= 15 is 0 Å². The lowest BCUT2D eigenvalue weighted by atomic mass is 10.1. The molecule has 0 aliphatic carbocycles. The van der Waals surface area contributed by atoms with Crippen LogP contribution in [0.25, 0.3) is 0 Å². The number of morpholine rings is 1. The van der Waals surface area contributed by atoms with E-state index in [1.54, 1.807) is 15.8 Å². The third kappa shape index (κ3) is 3.47. The highest BCUT2D eigenvalue weighted by atomic mass is 16.5. The fourth-order valence-electron chi connectivity index (χ4n) is 3.38. The molecule has 0 bridgehead atoms. The summed E-state index contributed by atoms with van der Waals surface area (Å²) in [4.78, 5) is 19.0. The van der Waals surface area contributed by atoms with Gasteiger partial charge in [0.05, 0.1) is 25.4 Å². The summed E-state index contributed by atoms with van der Waals surface area (Å²) >= 11 is 0. The summed E-state index contributed by atoms with van der Waals surface area (Å²) in [5.41, 5.74) is 0.375. The largest absolute Gasteiger partial charge is 0.366 e. The van der Waals surface area contributed by atoms with Crippen molar-refractivity contribution >= 4 is 5.91 Å². The van der Waals surface area contributed by atoms with Crippen LogP contribution in [0.1, 0.15) is 54.0 Å². The molecule has 10 nitrogen and oxygen atoms in total. The highest BCUT2D eigenvalue weighted by Gasteiger charge is 2.30. The Labute approximate surface area is 151 Å². The maximum atomic E-state index is 12.8. The molecular formula is C16H24N8O2. The van der Waals surface area contributed by atoms with Crippen LogP contribution < -0.4 is 5.32 Å². The molecule has 140 valence electrons. The molecule has 2 aliphatic rings. The molecule has 0 aromatic carbocycles. The van der Waals surface area contributed by atoms with E-state index in [0.717, 1.165) is 38.2 Å². The lowest BCUT2D eigenvalue weighted by molar-refractivity contribution is -0.0268. The molecule has 4 heterocycles. The molecule has 4 rings (SSSR count). The number of piperidine rings is 1. The van der Waals surface area contributed by atoms with Crippen LogP contribution in [0, 0.1) is 0 Å². The van der Waals surface area contributed by atoms with Crippen LogP contribution in [0.2, 0.25) is 0 Å². The predicted molar refractivity (Wildman–Crippen MR) is 91.5 cm³/mol. The van der Waals surface area contributed by atoms with E-state index in [0.29, 0.717) is 31.2 Å². The number of aryl methyl sites for hydroxylation is 1. The Morgan fingerprint density at radius 2 is 2.38 bits per heavy atom. The SMILES string of the molecule is CCc1nc([C@H]2CN(C(=O)c3cn([C@H]4CCCNC4)nn3)CCO2)n[nH]1. The van der Waals surface area contributed by atoms with Crippen LogP contribution in [-0.2, 0) is 11.2 Å². The Morgan fingerprint density at radius 1 is 1.46 bits per heavy atom. The van der Waals surface area contributed by atoms with Crippen LogP contribution in [0.4, 0.5) is 0 Å². The first-order valence-corrected chi connectivity index (χ1v) is 9.19. The van der Waals surface area contributed by atoms with Crippen LogP contribution in [-0.4, -0.2) is 73.8 Å². The highest BCUT2D eigenvalue weighted by molar-refractivity contribution is 5.92. The molecule has 2 atom stereocenters. The van der Waals surface area contributed by atoms with Crippen LogP contribution >= 0.6 is 0 Å². The number of H-pyrrole nitrogens is 1. The monoisotopic (exact) mass is 360 g/mol. The molecule has 2 aliphatic heterocycles. The average Bonchev–Trinajstić information content (AvgIpc) is 3.38. The highest BCUT2D eigenvalue weighted by Crippen LogP contribution is 2.21. The quantitative estimate of drug-likeness (QED) is 0.794. The lowest BCUT2D eigenvalue weighted by Crippen LogP contribution is -2.42. The third-order valence-corrected chi connectivity index (χ3v) is 4.90. The number of hydrogen-bond acceptors (Lipinski definition) is 7. The first kappa shape index (κ1) is 17.1. The van der Waals surface area contributed by atoms with E-state index in [2.05, 4.69) is 30.8 Å². The minimum absolute atomic E-state index is 0.125. The fraction of sp³-hybridized carbons (Fsp3) is 0.688. The maximum Gasteiger partial charge on any atom is 0.276 e. The number of aromatic amines is 1. The zero-order valence-electron chi connectivity index (χ0n) is 14.9. The van der Waals surface area contributed by atoms with Gasteiger partial charge in [0.15, 0.2) is 11.5 Å². The zero-order valence-corrected chi connectivity index (χ0v) is 14.9. The number of nitrogens with zero attached hydrogens (tertiary/aromatic N) is 6. The van der Waals surface area contributed by atoms with Crippen LogP contribution in [0.3, 0.4) is 0 Å². The summed E-state index contributed by atoms with van der Waals surface area (Å²) in [6.07, 6.45) is 4.37. The number of carbonyl (C=O) groups excluding carboxylic acids is 1. The van der Waals surface area contributed by atoms with Crippen molar-refractivity contribution in [1.82, 2.24) is 40.4 Å². The number of rotatable bonds is 4. The molecule has 2 aromatic heterocycles. The van der Waals surface area contributed by atoms with Gasteiger partial charge in [-0.25, -0.2) is 9.67 Å². The minimum atomic E-state index is -0.318. The van der Waals surface area contributed by atoms with Gasteiger partial charge in [0, 0.05) is 19.5 Å². The molecule has 1 amide bonds. The molecule has 2 aromatic rings. The van der Waals surface area contributed by atoms with Crippen molar-refractivity contribution in [2.24, 2.45) is 0 Å². The van der Waals surface area contributed by atoms with Crippen molar-refractivity contribution in [3.05, 3.63) is 23.5 Å². The second kappa shape index (κ2) is 7.50. The van der Waals surface area contributed by atoms with Gasteiger partial charge in [-0.2, -0.15) is 5.10 Å². The average molecular weight is 360 g/mol. The molecule has 0 radical (unpaired) electrons. The molecule has 10 heteroatoms. The fourth-order valence-corrected chi connectivity index (χ4v) is 3.38. The molecular weight excluding hydrogens is 336 g/mol. The van der Waals surface area contributed by atoms with Crippen LogP contribution in [0.5, 0.6) is 0 Å². The summed E-state index contributed by atoms with van der Waals surface area (Å²) in [6.45, 7) is 5.30. The summed E-state index contributed by atoms with van der Waals surface area (Å²) in [7, 11) is 0. The van der Waals surface area contributed by atoms with Gasteiger partial charge in [-0.05, 0) is 19.4 Å².